The maximum Gasteiger partial charge on any atom is 0.307 e. The zero-order valence-electron chi connectivity index (χ0n) is 13.6. The zero-order valence-corrected chi connectivity index (χ0v) is 14.4. The summed E-state index contributed by atoms with van der Waals surface area (Å²) in [5.74, 6) is 0.151. The molecule has 0 aliphatic heterocycles. The summed E-state index contributed by atoms with van der Waals surface area (Å²) in [6, 6.07) is 18.6. The minimum atomic E-state index is -0.862. The third-order valence-electron chi connectivity index (χ3n) is 3.79. The van der Waals surface area contributed by atoms with Gasteiger partial charge < -0.3 is 9.84 Å². The Labute approximate surface area is 153 Å². The molecule has 0 unspecified atom stereocenters. The number of carbonyl (C=O) groups is 1. The van der Waals surface area contributed by atoms with Crippen LogP contribution in [0.2, 0.25) is 0 Å². The van der Waals surface area contributed by atoms with Crippen molar-refractivity contribution in [2.75, 3.05) is 0 Å². The van der Waals surface area contributed by atoms with Gasteiger partial charge in [-0.15, -0.1) is 11.3 Å². The summed E-state index contributed by atoms with van der Waals surface area (Å²) in [5.41, 5.74) is 2.96. The van der Waals surface area contributed by atoms with E-state index in [9.17, 15) is 4.79 Å². The van der Waals surface area contributed by atoms with Crippen molar-refractivity contribution in [3.05, 3.63) is 71.6 Å². The van der Waals surface area contributed by atoms with E-state index in [0.717, 1.165) is 15.9 Å². The minimum Gasteiger partial charge on any atom is -0.481 e. The molecule has 0 saturated heterocycles. The van der Waals surface area contributed by atoms with E-state index in [1.165, 1.54) is 0 Å². The predicted octanol–water partition coefficient (Wildman–Crippen LogP) is 4.78. The Hall–Kier alpha value is -3.25. The van der Waals surface area contributed by atoms with Gasteiger partial charge in [0.1, 0.15) is 11.4 Å². The van der Waals surface area contributed by atoms with Crippen LogP contribution in [0, 0.1) is 0 Å². The third kappa shape index (κ3) is 3.41. The Kier molecular flexibility index (Phi) is 4.33. The number of carboxylic acid groups (broad SMARTS) is 1. The van der Waals surface area contributed by atoms with Crippen molar-refractivity contribution in [3.8, 4) is 22.2 Å². The molecule has 1 N–H and O–H groups in total. The molecule has 0 amide bonds. The molecule has 4 aromatic rings. The molecule has 2 aromatic carbocycles. The molecule has 5 nitrogen and oxygen atoms in total. The van der Waals surface area contributed by atoms with E-state index in [1.54, 1.807) is 35.6 Å². The van der Waals surface area contributed by atoms with Gasteiger partial charge in [-0.3, -0.25) is 4.79 Å². The lowest BCUT2D eigenvalue weighted by atomic mass is 10.1. The molecule has 0 saturated carbocycles. The summed E-state index contributed by atoms with van der Waals surface area (Å²) in [4.78, 5) is 21.1. The number of hydrogen-bond acceptors (Lipinski definition) is 5. The van der Waals surface area contributed by atoms with Gasteiger partial charge in [0.2, 0.25) is 5.88 Å². The molecule has 0 bridgehead atoms. The lowest BCUT2D eigenvalue weighted by Gasteiger charge is -2.10. The molecule has 0 radical (unpaired) electrons. The highest BCUT2D eigenvalue weighted by atomic mass is 32.1. The van der Waals surface area contributed by atoms with Crippen LogP contribution in [0.3, 0.4) is 0 Å². The molecule has 26 heavy (non-hydrogen) atoms. The quantitative estimate of drug-likeness (QED) is 0.553. The van der Waals surface area contributed by atoms with Crippen LogP contribution in [-0.4, -0.2) is 21.0 Å². The van der Waals surface area contributed by atoms with Crippen LogP contribution in [0.1, 0.15) is 5.56 Å². The number of thiophene rings is 1. The second-order valence-corrected chi connectivity index (χ2v) is 6.61. The van der Waals surface area contributed by atoms with Crippen molar-refractivity contribution in [2.24, 2.45) is 0 Å². The number of aromatic nitrogens is 2. The monoisotopic (exact) mass is 362 g/mol. The molecule has 2 heterocycles. The molecule has 0 spiro atoms. The Morgan fingerprint density at radius 2 is 1.69 bits per heavy atom. The van der Waals surface area contributed by atoms with Crippen molar-refractivity contribution in [1.82, 2.24) is 9.97 Å². The Morgan fingerprint density at radius 3 is 2.35 bits per heavy atom. The number of hydrogen-bond donors (Lipinski definition) is 1. The number of fused-ring (bicyclic) bond motifs is 1. The second-order valence-electron chi connectivity index (χ2n) is 5.66. The van der Waals surface area contributed by atoms with Gasteiger partial charge in [-0.1, -0.05) is 30.3 Å². The van der Waals surface area contributed by atoms with E-state index in [0.29, 0.717) is 22.9 Å². The highest BCUT2D eigenvalue weighted by molar-refractivity contribution is 7.13. The van der Waals surface area contributed by atoms with Crippen molar-refractivity contribution in [2.45, 2.75) is 6.42 Å². The van der Waals surface area contributed by atoms with Gasteiger partial charge in [0.05, 0.1) is 22.3 Å². The van der Waals surface area contributed by atoms with Crippen LogP contribution in [-0.2, 0) is 11.2 Å². The SMILES string of the molecule is O=C(O)Cc1ccc(Oc2nc3ccccc3nc2-c2cccs2)cc1. The number of rotatable bonds is 5. The Bertz CT molecular complexity index is 1060. The molecule has 0 atom stereocenters. The summed E-state index contributed by atoms with van der Waals surface area (Å²) >= 11 is 1.57. The maximum atomic E-state index is 10.8. The minimum absolute atomic E-state index is 0.0174. The van der Waals surface area contributed by atoms with Crippen molar-refractivity contribution < 1.29 is 14.6 Å². The van der Waals surface area contributed by atoms with Crippen molar-refractivity contribution >= 4 is 28.3 Å². The van der Waals surface area contributed by atoms with Gasteiger partial charge in [0.25, 0.3) is 0 Å². The molecule has 2 aromatic heterocycles. The van der Waals surface area contributed by atoms with Gasteiger partial charge in [-0.2, -0.15) is 0 Å². The molecule has 4 rings (SSSR count). The number of nitrogens with zero attached hydrogens (tertiary/aromatic N) is 2. The Morgan fingerprint density at radius 1 is 0.962 bits per heavy atom. The molecule has 0 fully saturated rings. The second kappa shape index (κ2) is 6.93. The van der Waals surface area contributed by atoms with Gasteiger partial charge in [-0.05, 0) is 41.3 Å². The van der Waals surface area contributed by atoms with Crippen LogP contribution in [0.25, 0.3) is 21.6 Å². The molecular formula is C20H14N2O3S. The number of ether oxygens (including phenoxy) is 1. The standard InChI is InChI=1S/C20H14N2O3S/c23-18(24)12-13-7-9-14(10-8-13)25-20-19(17-6-3-11-26-17)21-15-4-1-2-5-16(15)22-20/h1-11H,12H2,(H,23,24). The number of para-hydroxylation sites is 2. The molecular weight excluding hydrogens is 348 g/mol. The van der Waals surface area contributed by atoms with E-state index in [-0.39, 0.29) is 6.42 Å². The first-order chi connectivity index (χ1) is 12.7. The molecule has 128 valence electrons. The first-order valence-corrected chi connectivity index (χ1v) is 8.86. The van der Waals surface area contributed by atoms with Gasteiger partial charge in [0.15, 0.2) is 0 Å². The fraction of sp³-hybridized carbons (Fsp3) is 0.0500. The number of aliphatic carboxylic acids is 1. The topological polar surface area (TPSA) is 72.3 Å². The van der Waals surface area contributed by atoms with Crippen LogP contribution in [0.5, 0.6) is 11.6 Å². The number of carboxylic acids is 1. The van der Waals surface area contributed by atoms with Gasteiger partial charge >= 0.3 is 5.97 Å². The summed E-state index contributed by atoms with van der Waals surface area (Å²) in [6.45, 7) is 0. The van der Waals surface area contributed by atoms with Crippen LogP contribution < -0.4 is 4.74 Å². The lowest BCUT2D eigenvalue weighted by molar-refractivity contribution is -0.136. The maximum absolute atomic E-state index is 10.8. The summed E-state index contributed by atoms with van der Waals surface area (Å²) in [5, 5.41) is 10.8. The van der Waals surface area contributed by atoms with E-state index in [4.69, 9.17) is 14.8 Å². The van der Waals surface area contributed by atoms with Gasteiger partial charge in [-0.25, -0.2) is 9.97 Å². The fourth-order valence-corrected chi connectivity index (χ4v) is 3.30. The highest BCUT2D eigenvalue weighted by Gasteiger charge is 2.14. The van der Waals surface area contributed by atoms with E-state index >= 15 is 0 Å². The summed E-state index contributed by atoms with van der Waals surface area (Å²) < 4.78 is 5.99. The lowest BCUT2D eigenvalue weighted by Crippen LogP contribution is -2.00. The van der Waals surface area contributed by atoms with Crippen molar-refractivity contribution in [3.63, 3.8) is 0 Å². The van der Waals surface area contributed by atoms with E-state index < -0.39 is 5.97 Å². The summed E-state index contributed by atoms with van der Waals surface area (Å²) in [7, 11) is 0. The van der Waals surface area contributed by atoms with E-state index in [1.807, 2.05) is 41.8 Å². The summed E-state index contributed by atoms with van der Waals surface area (Å²) in [6.07, 6.45) is -0.0174. The van der Waals surface area contributed by atoms with E-state index in [2.05, 4.69) is 4.98 Å². The normalized spacial score (nSPS) is 10.8. The molecule has 6 heteroatoms. The predicted molar refractivity (Wildman–Crippen MR) is 101 cm³/mol. The van der Waals surface area contributed by atoms with Gasteiger partial charge in [0, 0.05) is 0 Å². The zero-order chi connectivity index (χ0) is 17.9. The van der Waals surface area contributed by atoms with Crippen LogP contribution in [0.15, 0.2) is 66.0 Å². The molecule has 0 aliphatic carbocycles. The Balaban J connectivity index is 1.73. The van der Waals surface area contributed by atoms with Crippen molar-refractivity contribution in [1.29, 1.82) is 0 Å². The van der Waals surface area contributed by atoms with Crippen LogP contribution in [0.4, 0.5) is 0 Å². The fourth-order valence-electron chi connectivity index (χ4n) is 2.59. The highest BCUT2D eigenvalue weighted by Crippen LogP contribution is 2.34. The largest absolute Gasteiger partial charge is 0.481 e. The molecule has 0 aliphatic rings. The first-order valence-electron chi connectivity index (χ1n) is 7.98. The average molecular weight is 362 g/mol. The third-order valence-corrected chi connectivity index (χ3v) is 4.66. The van der Waals surface area contributed by atoms with Crippen LogP contribution >= 0.6 is 11.3 Å². The first kappa shape index (κ1) is 16.2. The number of benzene rings is 2. The average Bonchev–Trinajstić information content (AvgIpc) is 3.17. The smallest absolute Gasteiger partial charge is 0.307 e.